The van der Waals surface area contributed by atoms with Crippen molar-refractivity contribution < 1.29 is 9.90 Å². The molecule has 2 N–H and O–H groups in total. The van der Waals surface area contributed by atoms with Gasteiger partial charge in [0.25, 0.3) is 5.91 Å². The van der Waals surface area contributed by atoms with Gasteiger partial charge in [-0.15, -0.1) is 11.3 Å². The van der Waals surface area contributed by atoms with Crippen LogP contribution in [0.2, 0.25) is 0 Å². The number of benzene rings is 2. The fourth-order valence-electron chi connectivity index (χ4n) is 3.00. The zero-order chi connectivity index (χ0) is 18.8. The molecule has 6 heteroatoms. The summed E-state index contributed by atoms with van der Waals surface area (Å²) in [6, 6.07) is 17.6. The van der Waals surface area contributed by atoms with E-state index in [1.165, 1.54) is 11.3 Å². The molecular formula is C21H19N3O2S. The van der Waals surface area contributed by atoms with E-state index in [1.807, 2.05) is 72.4 Å². The molecule has 1 unspecified atom stereocenters. The van der Waals surface area contributed by atoms with Crippen molar-refractivity contribution in [2.75, 3.05) is 6.54 Å². The quantitative estimate of drug-likeness (QED) is 0.556. The molecule has 0 fully saturated rings. The number of aliphatic hydroxyl groups is 1. The summed E-state index contributed by atoms with van der Waals surface area (Å²) in [4.78, 5) is 16.8. The molecule has 0 bridgehead atoms. The molecule has 1 amide bonds. The lowest BCUT2D eigenvalue weighted by atomic mass is 10.1. The van der Waals surface area contributed by atoms with Gasteiger partial charge < -0.3 is 15.0 Å². The number of aryl methyl sites for hydroxylation is 1. The largest absolute Gasteiger partial charge is 0.387 e. The van der Waals surface area contributed by atoms with E-state index >= 15 is 0 Å². The molecular weight excluding hydrogens is 358 g/mol. The Morgan fingerprint density at radius 1 is 1.22 bits per heavy atom. The van der Waals surface area contributed by atoms with Crippen molar-refractivity contribution in [3.05, 3.63) is 77.4 Å². The number of nitrogens with one attached hydrogen (secondary N) is 1. The summed E-state index contributed by atoms with van der Waals surface area (Å²) in [5, 5.41) is 16.8. The predicted octanol–water partition coefficient (Wildman–Crippen LogP) is 3.77. The van der Waals surface area contributed by atoms with Gasteiger partial charge in [-0.3, -0.25) is 4.79 Å². The first-order chi connectivity index (χ1) is 13.1. The maximum Gasteiger partial charge on any atom is 0.270 e. The molecule has 0 spiro atoms. The summed E-state index contributed by atoms with van der Waals surface area (Å²) in [6.07, 6.45) is 1.21. The fraction of sp³-hybridized carbons (Fsp3) is 0.143. The van der Waals surface area contributed by atoms with Crippen LogP contribution in [-0.4, -0.2) is 27.1 Å². The first kappa shape index (κ1) is 17.5. The summed E-state index contributed by atoms with van der Waals surface area (Å²) in [5.41, 5.74) is 3.23. The second-order valence-corrected chi connectivity index (χ2v) is 7.23. The number of nitrogens with zero attached hydrogens (tertiary/aromatic N) is 2. The molecule has 136 valence electrons. The molecule has 0 saturated carbocycles. The Bertz CT molecular complexity index is 1090. The van der Waals surface area contributed by atoms with Crippen molar-refractivity contribution in [3.8, 4) is 10.6 Å². The van der Waals surface area contributed by atoms with Gasteiger partial charge in [0, 0.05) is 36.2 Å². The van der Waals surface area contributed by atoms with Gasteiger partial charge in [0.1, 0.15) is 10.7 Å². The lowest BCUT2D eigenvalue weighted by molar-refractivity contribution is 0.0912. The van der Waals surface area contributed by atoms with E-state index in [0.717, 1.165) is 27.0 Å². The highest BCUT2D eigenvalue weighted by molar-refractivity contribution is 7.13. The van der Waals surface area contributed by atoms with Crippen LogP contribution in [-0.2, 0) is 7.05 Å². The van der Waals surface area contributed by atoms with Crippen LogP contribution in [0.5, 0.6) is 0 Å². The molecule has 0 aliphatic carbocycles. The normalized spacial score (nSPS) is 12.2. The van der Waals surface area contributed by atoms with Crippen LogP contribution < -0.4 is 5.32 Å². The summed E-state index contributed by atoms with van der Waals surface area (Å²) in [7, 11) is 1.98. The summed E-state index contributed by atoms with van der Waals surface area (Å²) >= 11 is 1.43. The first-order valence-corrected chi connectivity index (χ1v) is 9.52. The highest BCUT2D eigenvalue weighted by Gasteiger charge is 2.15. The highest BCUT2D eigenvalue weighted by atomic mass is 32.1. The van der Waals surface area contributed by atoms with E-state index in [9.17, 15) is 9.90 Å². The minimum Gasteiger partial charge on any atom is -0.387 e. The second kappa shape index (κ2) is 7.34. The van der Waals surface area contributed by atoms with Crippen molar-refractivity contribution >= 4 is 28.1 Å². The monoisotopic (exact) mass is 377 g/mol. The van der Waals surface area contributed by atoms with Crippen LogP contribution in [0.1, 0.15) is 22.2 Å². The number of aliphatic hydroxyl groups excluding tert-OH is 1. The van der Waals surface area contributed by atoms with Gasteiger partial charge in [-0.05, 0) is 29.1 Å². The van der Waals surface area contributed by atoms with Crippen LogP contribution >= 0.6 is 11.3 Å². The fourth-order valence-corrected chi connectivity index (χ4v) is 3.80. The maximum atomic E-state index is 12.4. The average molecular weight is 377 g/mol. The van der Waals surface area contributed by atoms with Crippen molar-refractivity contribution in [2.24, 2.45) is 7.05 Å². The number of amides is 1. The van der Waals surface area contributed by atoms with Gasteiger partial charge in [-0.2, -0.15) is 0 Å². The highest BCUT2D eigenvalue weighted by Crippen LogP contribution is 2.24. The number of carbonyl (C=O) groups excluding carboxylic acids is 1. The van der Waals surface area contributed by atoms with Gasteiger partial charge in [-0.1, -0.05) is 36.4 Å². The topological polar surface area (TPSA) is 67.2 Å². The number of aromatic nitrogens is 2. The number of rotatable bonds is 5. The predicted molar refractivity (Wildman–Crippen MR) is 108 cm³/mol. The molecule has 0 radical (unpaired) electrons. The first-order valence-electron chi connectivity index (χ1n) is 8.64. The lowest BCUT2D eigenvalue weighted by Crippen LogP contribution is -2.28. The Balaban J connectivity index is 1.41. The molecule has 1 atom stereocenters. The number of fused-ring (bicyclic) bond motifs is 1. The maximum absolute atomic E-state index is 12.4. The van der Waals surface area contributed by atoms with Gasteiger partial charge in [0.15, 0.2) is 0 Å². The zero-order valence-corrected chi connectivity index (χ0v) is 15.6. The summed E-state index contributed by atoms with van der Waals surface area (Å²) < 4.78 is 2.03. The van der Waals surface area contributed by atoms with E-state index in [1.54, 1.807) is 5.38 Å². The summed E-state index contributed by atoms with van der Waals surface area (Å²) in [6.45, 7) is 0.134. The third-order valence-corrected chi connectivity index (χ3v) is 5.40. The van der Waals surface area contributed by atoms with E-state index in [0.29, 0.717) is 5.69 Å². The van der Waals surface area contributed by atoms with Gasteiger partial charge in [0.2, 0.25) is 0 Å². The SMILES string of the molecule is Cn1ccc2cc(C(O)CNC(=O)c3csc(-c4ccccc4)n3)ccc21. The van der Waals surface area contributed by atoms with Gasteiger partial charge >= 0.3 is 0 Å². The number of thiazole rings is 1. The minimum atomic E-state index is -0.772. The van der Waals surface area contributed by atoms with E-state index < -0.39 is 6.10 Å². The number of hydrogen-bond acceptors (Lipinski definition) is 4. The molecule has 4 aromatic rings. The van der Waals surface area contributed by atoms with E-state index in [2.05, 4.69) is 10.3 Å². The van der Waals surface area contributed by atoms with Crippen LogP contribution in [0.3, 0.4) is 0 Å². The molecule has 0 aliphatic heterocycles. The van der Waals surface area contributed by atoms with Gasteiger partial charge in [0.05, 0.1) is 6.10 Å². The molecule has 0 aliphatic rings. The number of carbonyl (C=O) groups is 1. The van der Waals surface area contributed by atoms with Crippen LogP contribution in [0.25, 0.3) is 21.5 Å². The minimum absolute atomic E-state index is 0.134. The van der Waals surface area contributed by atoms with Crippen LogP contribution in [0, 0.1) is 0 Å². The molecule has 2 aromatic heterocycles. The third kappa shape index (κ3) is 3.63. The standard InChI is InChI=1S/C21H19N3O2S/c1-24-10-9-15-11-16(7-8-18(15)24)19(25)12-22-20(26)17-13-27-21(23-17)14-5-3-2-4-6-14/h2-11,13,19,25H,12H2,1H3,(H,22,26). The Labute approximate surface area is 160 Å². The molecule has 2 heterocycles. The third-order valence-electron chi connectivity index (χ3n) is 4.51. The molecule has 4 rings (SSSR count). The Morgan fingerprint density at radius 2 is 2.04 bits per heavy atom. The van der Waals surface area contributed by atoms with Gasteiger partial charge in [-0.25, -0.2) is 4.98 Å². The molecule has 27 heavy (non-hydrogen) atoms. The Morgan fingerprint density at radius 3 is 2.85 bits per heavy atom. The smallest absolute Gasteiger partial charge is 0.270 e. The second-order valence-electron chi connectivity index (χ2n) is 6.37. The van der Waals surface area contributed by atoms with E-state index in [4.69, 9.17) is 0 Å². The molecule has 2 aromatic carbocycles. The van der Waals surface area contributed by atoms with Crippen molar-refractivity contribution in [2.45, 2.75) is 6.10 Å². The lowest BCUT2D eigenvalue weighted by Gasteiger charge is -2.12. The van der Waals surface area contributed by atoms with Crippen LogP contribution in [0.4, 0.5) is 0 Å². The average Bonchev–Trinajstić information content (AvgIpc) is 3.34. The van der Waals surface area contributed by atoms with Crippen molar-refractivity contribution in [3.63, 3.8) is 0 Å². The molecule has 0 saturated heterocycles. The van der Waals surface area contributed by atoms with Crippen molar-refractivity contribution in [1.82, 2.24) is 14.9 Å². The number of hydrogen-bond donors (Lipinski definition) is 2. The molecule has 5 nitrogen and oxygen atoms in total. The van der Waals surface area contributed by atoms with E-state index in [-0.39, 0.29) is 12.5 Å². The Kier molecular flexibility index (Phi) is 4.75. The van der Waals surface area contributed by atoms with Crippen LogP contribution in [0.15, 0.2) is 66.2 Å². The van der Waals surface area contributed by atoms with Crippen molar-refractivity contribution in [1.29, 1.82) is 0 Å². The summed E-state index contributed by atoms with van der Waals surface area (Å²) in [5.74, 6) is -0.284. The zero-order valence-electron chi connectivity index (χ0n) is 14.8. The Hall–Kier alpha value is -2.96.